The lowest BCUT2D eigenvalue weighted by Gasteiger charge is -2.16. The maximum Gasteiger partial charge on any atom is 0.237 e. The van der Waals surface area contributed by atoms with Gasteiger partial charge < -0.3 is 5.73 Å². The lowest BCUT2D eigenvalue weighted by atomic mass is 10.1. The van der Waals surface area contributed by atoms with E-state index >= 15 is 0 Å². The summed E-state index contributed by atoms with van der Waals surface area (Å²) in [6.07, 6.45) is 1.01. The van der Waals surface area contributed by atoms with E-state index in [4.69, 9.17) is 5.73 Å². The summed E-state index contributed by atoms with van der Waals surface area (Å²) in [4.78, 5) is 25.1. The molecule has 1 heterocycles. The third-order valence-corrected chi connectivity index (χ3v) is 3.08. The van der Waals surface area contributed by atoms with E-state index in [-0.39, 0.29) is 17.7 Å². The summed E-state index contributed by atoms with van der Waals surface area (Å²) in [6, 6.07) is 5.29. The molecule has 0 radical (unpaired) electrons. The molecule has 0 saturated carbocycles. The van der Waals surface area contributed by atoms with Gasteiger partial charge in [0.25, 0.3) is 0 Å². The number of anilines is 2. The van der Waals surface area contributed by atoms with Crippen LogP contribution in [0.3, 0.4) is 0 Å². The van der Waals surface area contributed by atoms with Gasteiger partial charge in [-0.05, 0) is 37.1 Å². The van der Waals surface area contributed by atoms with Crippen LogP contribution in [-0.2, 0) is 9.59 Å². The molecule has 1 aromatic rings. The highest BCUT2D eigenvalue weighted by molar-refractivity contribution is 6.21. The van der Waals surface area contributed by atoms with E-state index in [0.29, 0.717) is 24.2 Å². The molecule has 0 aliphatic carbocycles. The molecule has 1 atom stereocenters. The fourth-order valence-corrected chi connectivity index (χ4v) is 2.21. The molecule has 0 spiro atoms. The zero-order chi connectivity index (χ0) is 12.6. The van der Waals surface area contributed by atoms with Crippen molar-refractivity contribution in [3.8, 4) is 0 Å². The minimum atomic E-state index is -0.177. The number of nitrogens with zero attached hydrogens (tertiary/aromatic N) is 1. The van der Waals surface area contributed by atoms with Crippen molar-refractivity contribution in [1.82, 2.24) is 0 Å². The molecule has 2 amide bonds. The second-order valence-electron chi connectivity index (χ2n) is 4.48. The van der Waals surface area contributed by atoms with Crippen molar-refractivity contribution in [2.75, 3.05) is 10.6 Å². The number of nitrogen functional groups attached to an aromatic ring is 1. The topological polar surface area (TPSA) is 63.4 Å². The van der Waals surface area contributed by atoms with Crippen LogP contribution in [0.4, 0.5) is 11.4 Å². The Morgan fingerprint density at radius 2 is 2.06 bits per heavy atom. The van der Waals surface area contributed by atoms with E-state index in [1.807, 2.05) is 26.0 Å². The first-order chi connectivity index (χ1) is 8.02. The minimum Gasteiger partial charge on any atom is -0.399 e. The molecule has 0 aromatic heterocycles. The quantitative estimate of drug-likeness (QED) is 0.625. The van der Waals surface area contributed by atoms with Gasteiger partial charge in [-0.15, -0.1) is 0 Å². The van der Waals surface area contributed by atoms with Crippen LogP contribution in [0.1, 0.15) is 25.3 Å². The first-order valence-electron chi connectivity index (χ1n) is 5.77. The van der Waals surface area contributed by atoms with Gasteiger partial charge in [-0.1, -0.05) is 6.92 Å². The first kappa shape index (κ1) is 11.6. The van der Waals surface area contributed by atoms with Gasteiger partial charge in [0, 0.05) is 18.0 Å². The second kappa shape index (κ2) is 4.20. The van der Waals surface area contributed by atoms with Crippen molar-refractivity contribution >= 4 is 23.2 Å². The second-order valence-corrected chi connectivity index (χ2v) is 4.48. The lowest BCUT2D eigenvalue weighted by molar-refractivity contribution is -0.122. The number of carbonyl (C=O) groups is 2. The molecule has 1 aliphatic rings. The molecule has 4 nitrogen and oxygen atoms in total. The third kappa shape index (κ3) is 2.02. The Kier molecular flexibility index (Phi) is 2.88. The smallest absolute Gasteiger partial charge is 0.237 e. The van der Waals surface area contributed by atoms with Crippen molar-refractivity contribution < 1.29 is 9.59 Å². The number of nitrogens with two attached hydrogens (primary N) is 1. The number of benzene rings is 1. The highest BCUT2D eigenvalue weighted by Crippen LogP contribution is 2.29. The summed E-state index contributed by atoms with van der Waals surface area (Å²) >= 11 is 0. The molecule has 17 heavy (non-hydrogen) atoms. The molecule has 1 fully saturated rings. The molecular weight excluding hydrogens is 216 g/mol. The molecule has 1 unspecified atom stereocenters. The number of imide groups is 1. The van der Waals surface area contributed by atoms with E-state index in [1.54, 1.807) is 6.07 Å². The predicted molar refractivity (Wildman–Crippen MR) is 66.5 cm³/mol. The highest BCUT2D eigenvalue weighted by atomic mass is 16.2. The van der Waals surface area contributed by atoms with Crippen LogP contribution >= 0.6 is 0 Å². The number of hydrogen-bond acceptors (Lipinski definition) is 3. The van der Waals surface area contributed by atoms with Crippen LogP contribution in [0, 0.1) is 12.8 Å². The average molecular weight is 232 g/mol. The van der Waals surface area contributed by atoms with E-state index in [9.17, 15) is 9.59 Å². The number of carbonyl (C=O) groups excluding carboxylic acids is 2. The summed E-state index contributed by atoms with van der Waals surface area (Å²) in [6.45, 7) is 3.81. The molecule has 2 rings (SSSR count). The number of rotatable bonds is 2. The molecule has 1 aliphatic heterocycles. The fourth-order valence-electron chi connectivity index (χ4n) is 2.21. The highest BCUT2D eigenvalue weighted by Gasteiger charge is 2.38. The summed E-state index contributed by atoms with van der Waals surface area (Å²) in [7, 11) is 0. The Hall–Kier alpha value is -1.84. The minimum absolute atomic E-state index is 0.109. The summed E-state index contributed by atoms with van der Waals surface area (Å²) in [5.41, 5.74) is 7.84. The van der Waals surface area contributed by atoms with Gasteiger partial charge in [0.15, 0.2) is 0 Å². The van der Waals surface area contributed by atoms with E-state index < -0.39 is 0 Å². The van der Waals surface area contributed by atoms with E-state index in [2.05, 4.69) is 0 Å². The van der Waals surface area contributed by atoms with Crippen LogP contribution in [0.25, 0.3) is 0 Å². The molecule has 0 bridgehead atoms. The van der Waals surface area contributed by atoms with Gasteiger partial charge in [0.05, 0.1) is 5.69 Å². The van der Waals surface area contributed by atoms with Gasteiger partial charge >= 0.3 is 0 Å². The van der Waals surface area contributed by atoms with Crippen LogP contribution in [0.5, 0.6) is 0 Å². The van der Waals surface area contributed by atoms with Crippen molar-refractivity contribution in [3.63, 3.8) is 0 Å². The molecule has 1 aromatic carbocycles. The Balaban J connectivity index is 2.39. The van der Waals surface area contributed by atoms with Crippen molar-refractivity contribution in [3.05, 3.63) is 23.8 Å². The van der Waals surface area contributed by atoms with Crippen molar-refractivity contribution in [2.24, 2.45) is 5.92 Å². The van der Waals surface area contributed by atoms with Crippen LogP contribution in [-0.4, -0.2) is 11.8 Å². The largest absolute Gasteiger partial charge is 0.399 e. The maximum absolute atomic E-state index is 12.0. The van der Waals surface area contributed by atoms with Crippen molar-refractivity contribution in [2.45, 2.75) is 26.7 Å². The normalized spacial score (nSPS) is 20.1. The summed E-state index contributed by atoms with van der Waals surface area (Å²) < 4.78 is 0. The maximum atomic E-state index is 12.0. The average Bonchev–Trinajstić information content (AvgIpc) is 2.52. The Morgan fingerprint density at radius 3 is 2.59 bits per heavy atom. The standard InChI is InChI=1S/C13H16N2O2/c1-3-9-6-12(16)15(13(9)17)11-5-8(2)4-10(14)7-11/h4-5,7,9H,3,6,14H2,1-2H3. The van der Waals surface area contributed by atoms with Crippen LogP contribution < -0.4 is 10.6 Å². The van der Waals surface area contributed by atoms with Gasteiger partial charge in [0.1, 0.15) is 0 Å². The number of hydrogen-bond donors (Lipinski definition) is 1. The van der Waals surface area contributed by atoms with Crippen LogP contribution in [0.2, 0.25) is 0 Å². The Bertz CT molecular complexity index is 462. The SMILES string of the molecule is CCC1CC(=O)N(c2cc(C)cc(N)c2)C1=O. The Labute approximate surface area is 100 Å². The van der Waals surface area contributed by atoms with E-state index in [1.165, 1.54) is 4.90 Å². The van der Waals surface area contributed by atoms with Gasteiger partial charge in [-0.25, -0.2) is 0 Å². The van der Waals surface area contributed by atoms with Gasteiger partial charge in [-0.2, -0.15) is 0 Å². The van der Waals surface area contributed by atoms with Gasteiger partial charge in [0.2, 0.25) is 11.8 Å². The summed E-state index contributed by atoms with van der Waals surface area (Å²) in [5, 5.41) is 0. The summed E-state index contributed by atoms with van der Waals surface area (Å²) in [5.74, 6) is -0.418. The Morgan fingerprint density at radius 1 is 1.35 bits per heavy atom. The lowest BCUT2D eigenvalue weighted by Crippen LogP contribution is -2.30. The predicted octanol–water partition coefficient (Wildman–Crippen LogP) is 1.87. The van der Waals surface area contributed by atoms with Crippen LogP contribution in [0.15, 0.2) is 18.2 Å². The van der Waals surface area contributed by atoms with Gasteiger partial charge in [-0.3, -0.25) is 14.5 Å². The first-order valence-corrected chi connectivity index (χ1v) is 5.77. The molecule has 4 heteroatoms. The number of aryl methyl sites for hydroxylation is 1. The zero-order valence-corrected chi connectivity index (χ0v) is 10.1. The molecule has 2 N–H and O–H groups in total. The zero-order valence-electron chi connectivity index (χ0n) is 10.1. The molecule has 1 saturated heterocycles. The van der Waals surface area contributed by atoms with E-state index in [0.717, 1.165) is 5.56 Å². The fraction of sp³-hybridized carbons (Fsp3) is 0.385. The molecular formula is C13H16N2O2. The third-order valence-electron chi connectivity index (χ3n) is 3.08. The monoisotopic (exact) mass is 232 g/mol. The molecule has 90 valence electrons. The number of amides is 2. The van der Waals surface area contributed by atoms with Crippen molar-refractivity contribution in [1.29, 1.82) is 0 Å².